The van der Waals surface area contributed by atoms with E-state index < -0.39 is 0 Å². The van der Waals surface area contributed by atoms with Gasteiger partial charge in [-0.25, -0.2) is 10.0 Å². The van der Waals surface area contributed by atoms with Gasteiger partial charge in [-0.2, -0.15) is 5.10 Å². The minimum Gasteiger partial charge on any atom is -0.385 e. The number of nitrogens with two attached hydrogens (primary N) is 2. The molecule has 1 heterocycles. The second-order valence-electron chi connectivity index (χ2n) is 3.29. The Kier molecular flexibility index (Phi) is 3.72. The first-order chi connectivity index (χ1) is 6.99. The number of rotatable bonds is 2. The Labute approximate surface area is 103 Å². The van der Waals surface area contributed by atoms with Crippen LogP contribution in [0, 0.1) is 0 Å². The fourth-order valence-electron chi connectivity index (χ4n) is 1.22. The molecule has 0 aromatic rings. The highest BCUT2D eigenvalue weighted by Crippen LogP contribution is 2.23. The highest BCUT2D eigenvalue weighted by molar-refractivity contribution is 14.1. The average molecular weight is 319 g/mol. The number of halogens is 1. The summed E-state index contributed by atoms with van der Waals surface area (Å²) in [5.74, 6) is 0.885. The second kappa shape index (κ2) is 4.65. The summed E-state index contributed by atoms with van der Waals surface area (Å²) >= 11 is 2.09. The van der Waals surface area contributed by atoms with Crippen LogP contribution in [0.4, 0.5) is 0 Å². The van der Waals surface area contributed by atoms with Crippen LogP contribution in [0.3, 0.4) is 0 Å². The van der Waals surface area contributed by atoms with Crippen molar-refractivity contribution in [3.63, 3.8) is 0 Å². The van der Waals surface area contributed by atoms with Gasteiger partial charge in [-0.1, -0.05) is 6.58 Å². The zero-order valence-corrected chi connectivity index (χ0v) is 10.9. The molecule has 5 nitrogen and oxygen atoms in total. The van der Waals surface area contributed by atoms with Crippen LogP contribution in [-0.4, -0.2) is 20.6 Å². The number of aliphatic imine (C=N–C) groups is 1. The molecule has 6 heteroatoms. The Morgan fingerprint density at radius 2 is 2.20 bits per heavy atom. The van der Waals surface area contributed by atoms with E-state index in [4.69, 9.17) is 11.5 Å². The van der Waals surface area contributed by atoms with Gasteiger partial charge < -0.3 is 11.5 Å². The van der Waals surface area contributed by atoms with Crippen LogP contribution in [0.1, 0.15) is 13.8 Å². The van der Waals surface area contributed by atoms with Gasteiger partial charge in [0.05, 0.1) is 5.57 Å². The normalized spacial score (nSPS) is 18.7. The molecule has 4 N–H and O–H groups in total. The molecule has 0 atom stereocenters. The van der Waals surface area contributed by atoms with Gasteiger partial charge >= 0.3 is 0 Å². The first-order valence-electron chi connectivity index (χ1n) is 4.47. The van der Waals surface area contributed by atoms with Crippen molar-refractivity contribution in [2.45, 2.75) is 19.9 Å². The third kappa shape index (κ3) is 2.31. The van der Waals surface area contributed by atoms with Crippen molar-refractivity contribution in [2.24, 2.45) is 21.6 Å². The van der Waals surface area contributed by atoms with E-state index in [1.165, 1.54) is 6.20 Å². The molecule has 1 aliphatic heterocycles. The monoisotopic (exact) mass is 319 g/mol. The van der Waals surface area contributed by atoms with Crippen LogP contribution in [-0.2, 0) is 0 Å². The first-order valence-corrected chi connectivity index (χ1v) is 5.55. The van der Waals surface area contributed by atoms with Gasteiger partial charge in [0.2, 0.25) is 0 Å². The Morgan fingerprint density at radius 1 is 1.60 bits per heavy atom. The number of hydrogen-bond acceptors (Lipinski definition) is 4. The molecule has 0 radical (unpaired) electrons. The summed E-state index contributed by atoms with van der Waals surface area (Å²) < 4.78 is 0.752. The van der Waals surface area contributed by atoms with Crippen molar-refractivity contribution in [2.75, 3.05) is 0 Å². The Balaban J connectivity index is 3.25. The molecule has 1 rings (SSSR count). The standard InChI is InChI=1S/C9H14IN5/c1-4-13-9-6(8(11)12)7(10)14-15(9)5(2)3/h4-5H,1,11-12H2,2-3H3/b13-9+. The molecular weight excluding hydrogens is 305 g/mol. The maximum atomic E-state index is 5.60. The number of nitrogens with zero attached hydrogens (tertiary/aromatic N) is 3. The van der Waals surface area contributed by atoms with Crippen molar-refractivity contribution in [1.82, 2.24) is 5.01 Å². The maximum Gasteiger partial charge on any atom is 0.162 e. The number of hydrogen-bond donors (Lipinski definition) is 2. The summed E-state index contributed by atoms with van der Waals surface area (Å²) in [5.41, 5.74) is 11.9. The summed E-state index contributed by atoms with van der Waals surface area (Å²) in [6.07, 6.45) is 1.46. The topological polar surface area (TPSA) is 80.0 Å². The average Bonchev–Trinajstić information content (AvgIpc) is 2.43. The zero-order valence-electron chi connectivity index (χ0n) is 8.74. The molecule has 0 spiro atoms. The van der Waals surface area contributed by atoms with E-state index in [0.717, 1.165) is 3.72 Å². The quantitative estimate of drug-likeness (QED) is 0.749. The summed E-state index contributed by atoms with van der Waals surface area (Å²) in [7, 11) is 0. The summed E-state index contributed by atoms with van der Waals surface area (Å²) in [5, 5.41) is 6.11. The maximum absolute atomic E-state index is 5.60. The molecule has 0 saturated heterocycles. The highest BCUT2D eigenvalue weighted by Gasteiger charge is 2.29. The van der Waals surface area contributed by atoms with Crippen LogP contribution in [0.2, 0.25) is 0 Å². The smallest absolute Gasteiger partial charge is 0.162 e. The van der Waals surface area contributed by atoms with E-state index in [1.807, 2.05) is 13.8 Å². The molecule has 0 aromatic heterocycles. The molecule has 0 aromatic carbocycles. The molecule has 0 fully saturated rings. The molecule has 0 saturated carbocycles. The van der Waals surface area contributed by atoms with Gasteiger partial charge in [0, 0.05) is 12.2 Å². The van der Waals surface area contributed by atoms with Crippen LogP contribution < -0.4 is 11.5 Å². The molecule has 15 heavy (non-hydrogen) atoms. The summed E-state index contributed by atoms with van der Waals surface area (Å²) in [6, 6.07) is 0.199. The van der Waals surface area contributed by atoms with Gasteiger partial charge in [-0.15, -0.1) is 0 Å². The van der Waals surface area contributed by atoms with Gasteiger partial charge in [0.25, 0.3) is 0 Å². The van der Waals surface area contributed by atoms with Crippen LogP contribution in [0.15, 0.2) is 34.3 Å². The van der Waals surface area contributed by atoms with Gasteiger partial charge in [-0.3, -0.25) is 0 Å². The molecule has 0 amide bonds. The van der Waals surface area contributed by atoms with Crippen molar-refractivity contribution in [1.29, 1.82) is 0 Å². The predicted octanol–water partition coefficient (Wildman–Crippen LogP) is 1.13. The van der Waals surface area contributed by atoms with Crippen molar-refractivity contribution in [3.8, 4) is 0 Å². The molecular formula is C9H14IN5. The Bertz CT molecular complexity index is 363. The van der Waals surface area contributed by atoms with Crippen molar-refractivity contribution < 1.29 is 0 Å². The lowest BCUT2D eigenvalue weighted by Gasteiger charge is -2.19. The van der Waals surface area contributed by atoms with Crippen LogP contribution in [0.25, 0.3) is 0 Å². The first kappa shape index (κ1) is 12.0. The van der Waals surface area contributed by atoms with Crippen LogP contribution >= 0.6 is 22.6 Å². The Morgan fingerprint density at radius 3 is 2.60 bits per heavy atom. The van der Waals surface area contributed by atoms with E-state index >= 15 is 0 Å². The molecule has 0 aliphatic carbocycles. The van der Waals surface area contributed by atoms with Gasteiger partial charge in [0.15, 0.2) is 5.84 Å². The van der Waals surface area contributed by atoms with Crippen molar-refractivity contribution >= 4 is 32.1 Å². The molecule has 0 bridgehead atoms. The third-order valence-corrected chi connectivity index (χ3v) is 2.59. The third-order valence-electron chi connectivity index (χ3n) is 1.83. The SMILES string of the molecule is C=C/N=C1\C(=C(N)N)C(I)=NN1C(C)C. The lowest BCUT2D eigenvalue weighted by atomic mass is 10.2. The van der Waals surface area contributed by atoms with Crippen molar-refractivity contribution in [3.05, 3.63) is 24.2 Å². The largest absolute Gasteiger partial charge is 0.385 e. The highest BCUT2D eigenvalue weighted by atomic mass is 127. The fraction of sp³-hybridized carbons (Fsp3) is 0.333. The van der Waals surface area contributed by atoms with Crippen LogP contribution in [0.5, 0.6) is 0 Å². The predicted molar refractivity (Wildman–Crippen MR) is 71.5 cm³/mol. The lowest BCUT2D eigenvalue weighted by molar-refractivity contribution is 0.378. The van der Waals surface area contributed by atoms with Gasteiger partial charge in [-0.05, 0) is 36.4 Å². The summed E-state index contributed by atoms with van der Waals surface area (Å²) in [6.45, 7) is 7.60. The number of hydrazone groups is 1. The number of amidine groups is 1. The molecule has 82 valence electrons. The zero-order chi connectivity index (χ0) is 11.6. The molecule has 0 unspecified atom stereocenters. The van der Waals surface area contributed by atoms with E-state index in [2.05, 4.69) is 39.3 Å². The minimum absolute atomic E-state index is 0.199. The summed E-state index contributed by atoms with van der Waals surface area (Å²) in [4.78, 5) is 4.15. The van der Waals surface area contributed by atoms with E-state index in [0.29, 0.717) is 11.4 Å². The lowest BCUT2D eigenvalue weighted by Crippen LogP contribution is -2.31. The van der Waals surface area contributed by atoms with E-state index in [1.54, 1.807) is 5.01 Å². The van der Waals surface area contributed by atoms with E-state index in [9.17, 15) is 0 Å². The van der Waals surface area contributed by atoms with Gasteiger partial charge in [0.1, 0.15) is 9.54 Å². The molecule has 1 aliphatic rings. The Hall–Kier alpha value is -1.05. The second-order valence-corrected chi connectivity index (χ2v) is 4.32. The van der Waals surface area contributed by atoms with E-state index in [-0.39, 0.29) is 11.9 Å². The minimum atomic E-state index is 0.199. The fourth-order valence-corrected chi connectivity index (χ4v) is 2.00.